The van der Waals surface area contributed by atoms with Gasteiger partial charge in [0.2, 0.25) is 0 Å². The third-order valence-corrected chi connectivity index (χ3v) is 6.13. The molecule has 0 bridgehead atoms. The van der Waals surface area contributed by atoms with E-state index >= 15 is 0 Å². The quantitative estimate of drug-likeness (QED) is 0.444. The molecule has 1 aliphatic carbocycles. The number of carbonyl (C=O) groups excluding carboxylic acids is 1. The Morgan fingerprint density at radius 1 is 1.00 bits per heavy atom. The number of ether oxygens (including phenoxy) is 1. The molecule has 0 atom stereocenters. The van der Waals surface area contributed by atoms with E-state index in [4.69, 9.17) is 4.74 Å². The van der Waals surface area contributed by atoms with Crippen molar-refractivity contribution in [3.8, 4) is 11.1 Å². The molecule has 0 N–H and O–H groups in total. The molecule has 0 amide bonds. The van der Waals surface area contributed by atoms with Crippen molar-refractivity contribution in [3.05, 3.63) is 64.7 Å². The number of fused-ring (bicyclic) bond motifs is 1. The van der Waals surface area contributed by atoms with Crippen LogP contribution >= 0.6 is 0 Å². The van der Waals surface area contributed by atoms with Gasteiger partial charge in [-0.05, 0) is 77.0 Å². The molecule has 0 unspecified atom stereocenters. The molecule has 0 aliphatic heterocycles. The summed E-state index contributed by atoms with van der Waals surface area (Å²) in [5.74, 6) is -0.303. The normalized spacial score (nSPS) is 17.4. The summed E-state index contributed by atoms with van der Waals surface area (Å²) < 4.78 is 5.03. The van der Waals surface area contributed by atoms with E-state index < -0.39 is 0 Å². The maximum Gasteiger partial charge on any atom is 0.330 e. The van der Waals surface area contributed by atoms with Crippen molar-refractivity contribution in [2.24, 2.45) is 0 Å². The third kappa shape index (κ3) is 3.92. The minimum atomic E-state index is -0.303. The van der Waals surface area contributed by atoms with Crippen molar-refractivity contribution in [2.75, 3.05) is 6.61 Å². The standard InChI is InChI=1S/C26H32O2/c1-7-28-24(27)13-12-19-10-8-9-11-20(19)21-17-23-22(16-18(21)2)25(3,4)14-15-26(23,5)6/h8-13,16-17H,7,14-15H2,1-6H3/b13-12+. The lowest BCUT2D eigenvalue weighted by atomic mass is 9.62. The number of rotatable bonds is 4. The van der Waals surface area contributed by atoms with E-state index in [1.54, 1.807) is 0 Å². The van der Waals surface area contributed by atoms with Gasteiger partial charge in [-0.1, -0.05) is 64.1 Å². The Kier molecular flexibility index (Phi) is 5.52. The van der Waals surface area contributed by atoms with Crippen molar-refractivity contribution in [3.63, 3.8) is 0 Å². The van der Waals surface area contributed by atoms with Gasteiger partial charge in [0.25, 0.3) is 0 Å². The Hall–Kier alpha value is -2.35. The second-order valence-corrected chi connectivity index (χ2v) is 9.15. The molecule has 2 aromatic rings. The molecule has 2 heteroatoms. The topological polar surface area (TPSA) is 26.3 Å². The Labute approximate surface area is 169 Å². The van der Waals surface area contributed by atoms with Gasteiger partial charge in [0.05, 0.1) is 6.61 Å². The number of aryl methyl sites for hydroxylation is 1. The van der Waals surface area contributed by atoms with Gasteiger partial charge >= 0.3 is 5.97 Å². The summed E-state index contributed by atoms with van der Waals surface area (Å²) in [6, 6.07) is 13.0. The summed E-state index contributed by atoms with van der Waals surface area (Å²) >= 11 is 0. The Morgan fingerprint density at radius 3 is 2.25 bits per heavy atom. The molecule has 0 spiro atoms. The van der Waals surface area contributed by atoms with Crippen LogP contribution in [0, 0.1) is 6.92 Å². The summed E-state index contributed by atoms with van der Waals surface area (Å²) in [6.07, 6.45) is 5.79. The third-order valence-electron chi connectivity index (χ3n) is 6.13. The van der Waals surface area contributed by atoms with Gasteiger partial charge in [0.15, 0.2) is 0 Å². The lowest BCUT2D eigenvalue weighted by Crippen LogP contribution is -2.34. The molecule has 0 radical (unpaired) electrons. The first kappa shape index (κ1) is 20.4. The van der Waals surface area contributed by atoms with Gasteiger partial charge in [-0.3, -0.25) is 0 Å². The Morgan fingerprint density at radius 2 is 1.61 bits per heavy atom. The summed E-state index contributed by atoms with van der Waals surface area (Å²) in [6.45, 7) is 13.8. The first-order valence-corrected chi connectivity index (χ1v) is 10.3. The summed E-state index contributed by atoms with van der Waals surface area (Å²) in [4.78, 5) is 11.8. The number of esters is 1. The zero-order valence-electron chi connectivity index (χ0n) is 18.1. The Balaban J connectivity index is 2.13. The highest BCUT2D eigenvalue weighted by Gasteiger charge is 2.37. The molecule has 1 aliphatic rings. The molecular weight excluding hydrogens is 344 g/mol. The lowest BCUT2D eigenvalue weighted by Gasteiger charge is -2.42. The van der Waals surface area contributed by atoms with Gasteiger partial charge < -0.3 is 4.74 Å². The smallest absolute Gasteiger partial charge is 0.330 e. The highest BCUT2D eigenvalue weighted by Crippen LogP contribution is 2.47. The maximum absolute atomic E-state index is 11.8. The first-order chi connectivity index (χ1) is 13.2. The fraction of sp³-hybridized carbons (Fsp3) is 0.423. The summed E-state index contributed by atoms with van der Waals surface area (Å²) in [7, 11) is 0. The molecule has 3 rings (SSSR count). The van der Waals surface area contributed by atoms with Crippen molar-refractivity contribution in [1.29, 1.82) is 0 Å². The van der Waals surface area contributed by atoms with Crippen molar-refractivity contribution in [2.45, 2.75) is 65.2 Å². The molecular formula is C26H32O2. The monoisotopic (exact) mass is 376 g/mol. The molecule has 0 saturated carbocycles. The molecule has 148 valence electrons. The van der Waals surface area contributed by atoms with Crippen LogP contribution in [0.25, 0.3) is 17.2 Å². The SMILES string of the molecule is CCOC(=O)/C=C/c1ccccc1-c1cc2c(cc1C)C(C)(C)CCC2(C)C. The van der Waals surface area contributed by atoms with Crippen LogP contribution in [0.2, 0.25) is 0 Å². The average Bonchev–Trinajstić information content (AvgIpc) is 2.64. The van der Waals surface area contributed by atoms with E-state index in [0.717, 1.165) is 11.1 Å². The van der Waals surface area contributed by atoms with Crippen LogP contribution in [0.4, 0.5) is 0 Å². The second-order valence-electron chi connectivity index (χ2n) is 9.15. The van der Waals surface area contributed by atoms with Crippen molar-refractivity contribution < 1.29 is 9.53 Å². The number of benzene rings is 2. The Bertz CT molecular complexity index is 916. The minimum Gasteiger partial charge on any atom is -0.463 e. The largest absolute Gasteiger partial charge is 0.463 e. The number of hydrogen-bond donors (Lipinski definition) is 0. The maximum atomic E-state index is 11.8. The molecule has 28 heavy (non-hydrogen) atoms. The van der Waals surface area contributed by atoms with E-state index in [9.17, 15) is 4.79 Å². The highest BCUT2D eigenvalue weighted by atomic mass is 16.5. The first-order valence-electron chi connectivity index (χ1n) is 10.3. The number of carbonyl (C=O) groups is 1. The predicted molar refractivity (Wildman–Crippen MR) is 118 cm³/mol. The van der Waals surface area contributed by atoms with Crippen molar-refractivity contribution in [1.82, 2.24) is 0 Å². The zero-order valence-corrected chi connectivity index (χ0v) is 18.1. The van der Waals surface area contributed by atoms with Crippen LogP contribution in [0.3, 0.4) is 0 Å². The van der Waals surface area contributed by atoms with Crippen LogP contribution in [-0.2, 0) is 20.4 Å². The van der Waals surface area contributed by atoms with Crippen LogP contribution in [0.1, 0.15) is 69.7 Å². The van der Waals surface area contributed by atoms with Crippen LogP contribution in [0.5, 0.6) is 0 Å². The van der Waals surface area contributed by atoms with E-state index in [1.165, 1.54) is 41.2 Å². The van der Waals surface area contributed by atoms with Gasteiger partial charge in [-0.25, -0.2) is 4.79 Å². The van der Waals surface area contributed by atoms with Crippen LogP contribution in [0.15, 0.2) is 42.5 Å². The van der Waals surface area contributed by atoms with Crippen LogP contribution in [-0.4, -0.2) is 12.6 Å². The van der Waals surface area contributed by atoms with Gasteiger partial charge in [-0.2, -0.15) is 0 Å². The molecule has 0 saturated heterocycles. The number of hydrogen-bond acceptors (Lipinski definition) is 2. The summed E-state index contributed by atoms with van der Waals surface area (Å²) in [5.41, 5.74) is 8.02. The van der Waals surface area contributed by atoms with E-state index in [0.29, 0.717) is 6.61 Å². The van der Waals surface area contributed by atoms with E-state index in [-0.39, 0.29) is 16.8 Å². The molecule has 0 fully saturated rings. The van der Waals surface area contributed by atoms with E-state index in [1.807, 2.05) is 19.1 Å². The average molecular weight is 377 g/mol. The van der Waals surface area contributed by atoms with Crippen LogP contribution < -0.4 is 0 Å². The summed E-state index contributed by atoms with van der Waals surface area (Å²) in [5, 5.41) is 0. The predicted octanol–water partition coefficient (Wildman–Crippen LogP) is 6.59. The zero-order chi connectivity index (χ0) is 20.5. The molecule has 2 aromatic carbocycles. The fourth-order valence-corrected chi connectivity index (χ4v) is 4.25. The second kappa shape index (κ2) is 7.58. The van der Waals surface area contributed by atoms with Crippen molar-refractivity contribution >= 4 is 12.0 Å². The van der Waals surface area contributed by atoms with Gasteiger partial charge in [-0.15, -0.1) is 0 Å². The minimum absolute atomic E-state index is 0.170. The molecule has 2 nitrogen and oxygen atoms in total. The fourth-order valence-electron chi connectivity index (χ4n) is 4.25. The molecule has 0 heterocycles. The molecule has 0 aromatic heterocycles. The van der Waals surface area contributed by atoms with Gasteiger partial charge in [0.1, 0.15) is 0 Å². The van der Waals surface area contributed by atoms with E-state index in [2.05, 4.69) is 65.0 Å². The lowest BCUT2D eigenvalue weighted by molar-refractivity contribution is -0.137. The van der Waals surface area contributed by atoms with Gasteiger partial charge in [0, 0.05) is 6.08 Å². The highest BCUT2D eigenvalue weighted by molar-refractivity contribution is 5.89.